The second kappa shape index (κ2) is 3.60. The van der Waals surface area contributed by atoms with Gasteiger partial charge in [0.05, 0.1) is 0 Å². The van der Waals surface area contributed by atoms with E-state index in [1.54, 1.807) is 0 Å². The predicted octanol–water partition coefficient (Wildman–Crippen LogP) is 3.71. The second-order valence-corrected chi connectivity index (χ2v) is 4.49. The van der Waals surface area contributed by atoms with Crippen molar-refractivity contribution in [2.45, 2.75) is 47.0 Å². The molecule has 3 atom stereocenters. The molecular weight excluding hydrogens is 132 g/mol. The Morgan fingerprint density at radius 3 is 2.00 bits per heavy atom. The van der Waals surface area contributed by atoms with Gasteiger partial charge in [0, 0.05) is 0 Å². The van der Waals surface area contributed by atoms with Gasteiger partial charge in [-0.1, -0.05) is 47.0 Å². The van der Waals surface area contributed by atoms with E-state index in [1.807, 2.05) is 0 Å². The fourth-order valence-corrected chi connectivity index (χ4v) is 2.87. The number of hydrogen-bond donors (Lipinski definition) is 0. The SMILES string of the molecule is CCC(C)C1C(C)CCC1C. The molecule has 1 aliphatic carbocycles. The summed E-state index contributed by atoms with van der Waals surface area (Å²) < 4.78 is 0. The largest absolute Gasteiger partial charge is 0.0651 e. The van der Waals surface area contributed by atoms with Gasteiger partial charge in [-0.05, 0) is 23.7 Å². The molecule has 0 amide bonds. The van der Waals surface area contributed by atoms with Crippen molar-refractivity contribution < 1.29 is 0 Å². The van der Waals surface area contributed by atoms with Crippen LogP contribution < -0.4 is 0 Å². The van der Waals surface area contributed by atoms with Crippen LogP contribution in [0.5, 0.6) is 0 Å². The predicted molar refractivity (Wildman–Crippen MR) is 50.5 cm³/mol. The van der Waals surface area contributed by atoms with Crippen molar-refractivity contribution in [2.75, 3.05) is 0 Å². The molecule has 1 aliphatic rings. The van der Waals surface area contributed by atoms with Crippen LogP contribution in [0.25, 0.3) is 0 Å². The third kappa shape index (κ3) is 1.77. The molecule has 0 bridgehead atoms. The summed E-state index contributed by atoms with van der Waals surface area (Å²) in [5, 5.41) is 0. The summed E-state index contributed by atoms with van der Waals surface area (Å²) in [6, 6.07) is 0. The van der Waals surface area contributed by atoms with Gasteiger partial charge in [-0.25, -0.2) is 0 Å². The highest BCUT2D eigenvalue weighted by Gasteiger charge is 2.32. The zero-order valence-corrected chi connectivity index (χ0v) is 8.43. The van der Waals surface area contributed by atoms with Crippen LogP contribution in [0.4, 0.5) is 0 Å². The molecule has 0 radical (unpaired) electrons. The summed E-state index contributed by atoms with van der Waals surface area (Å²) in [5.41, 5.74) is 0. The lowest BCUT2D eigenvalue weighted by Gasteiger charge is -2.26. The van der Waals surface area contributed by atoms with Crippen LogP contribution in [0.3, 0.4) is 0 Å². The summed E-state index contributed by atoms with van der Waals surface area (Å²) in [6.45, 7) is 9.60. The minimum Gasteiger partial charge on any atom is -0.0651 e. The first kappa shape index (κ1) is 9.09. The Morgan fingerprint density at radius 1 is 1.18 bits per heavy atom. The molecule has 1 fully saturated rings. The Balaban J connectivity index is 2.53. The van der Waals surface area contributed by atoms with E-state index in [0.29, 0.717) is 0 Å². The molecule has 0 aromatic carbocycles. The van der Waals surface area contributed by atoms with E-state index in [4.69, 9.17) is 0 Å². The Morgan fingerprint density at radius 2 is 1.64 bits per heavy atom. The zero-order chi connectivity index (χ0) is 8.43. The second-order valence-electron chi connectivity index (χ2n) is 4.49. The third-order valence-corrected chi connectivity index (χ3v) is 3.69. The maximum absolute atomic E-state index is 2.43. The van der Waals surface area contributed by atoms with Crippen LogP contribution in [0.1, 0.15) is 47.0 Å². The molecule has 66 valence electrons. The average molecular weight is 154 g/mol. The molecule has 1 rings (SSSR count). The Bertz CT molecular complexity index is 107. The Hall–Kier alpha value is 0. The smallest absolute Gasteiger partial charge is 0.0337 e. The van der Waals surface area contributed by atoms with Gasteiger partial charge >= 0.3 is 0 Å². The molecule has 0 aromatic heterocycles. The van der Waals surface area contributed by atoms with Gasteiger partial charge in [-0.3, -0.25) is 0 Å². The lowest BCUT2D eigenvalue weighted by atomic mass is 9.80. The zero-order valence-electron chi connectivity index (χ0n) is 8.43. The highest BCUT2D eigenvalue weighted by molar-refractivity contribution is 4.82. The van der Waals surface area contributed by atoms with E-state index in [-0.39, 0.29) is 0 Å². The van der Waals surface area contributed by atoms with Crippen molar-refractivity contribution in [1.29, 1.82) is 0 Å². The van der Waals surface area contributed by atoms with Crippen molar-refractivity contribution in [3.8, 4) is 0 Å². The average Bonchev–Trinajstić information content (AvgIpc) is 2.30. The van der Waals surface area contributed by atoms with Gasteiger partial charge in [-0.2, -0.15) is 0 Å². The van der Waals surface area contributed by atoms with E-state index in [0.717, 1.165) is 23.7 Å². The monoisotopic (exact) mass is 154 g/mol. The van der Waals surface area contributed by atoms with E-state index < -0.39 is 0 Å². The van der Waals surface area contributed by atoms with E-state index in [1.165, 1.54) is 19.3 Å². The topological polar surface area (TPSA) is 0 Å². The van der Waals surface area contributed by atoms with Crippen molar-refractivity contribution in [3.05, 3.63) is 0 Å². The van der Waals surface area contributed by atoms with Crippen LogP contribution in [-0.4, -0.2) is 0 Å². The van der Waals surface area contributed by atoms with E-state index >= 15 is 0 Å². The maximum Gasteiger partial charge on any atom is -0.0337 e. The van der Waals surface area contributed by atoms with Crippen LogP contribution in [-0.2, 0) is 0 Å². The first-order valence-corrected chi connectivity index (χ1v) is 5.16. The quantitative estimate of drug-likeness (QED) is 0.568. The van der Waals surface area contributed by atoms with Gasteiger partial charge in [0.25, 0.3) is 0 Å². The maximum atomic E-state index is 2.43. The summed E-state index contributed by atoms with van der Waals surface area (Å²) >= 11 is 0. The van der Waals surface area contributed by atoms with Crippen LogP contribution in [0.2, 0.25) is 0 Å². The first-order valence-electron chi connectivity index (χ1n) is 5.16. The highest BCUT2D eigenvalue weighted by atomic mass is 14.4. The van der Waals surface area contributed by atoms with Crippen molar-refractivity contribution in [1.82, 2.24) is 0 Å². The van der Waals surface area contributed by atoms with Gasteiger partial charge in [0.2, 0.25) is 0 Å². The van der Waals surface area contributed by atoms with Gasteiger partial charge < -0.3 is 0 Å². The van der Waals surface area contributed by atoms with E-state index in [2.05, 4.69) is 27.7 Å². The van der Waals surface area contributed by atoms with Crippen molar-refractivity contribution in [3.63, 3.8) is 0 Å². The summed E-state index contributed by atoms with van der Waals surface area (Å²) in [7, 11) is 0. The van der Waals surface area contributed by atoms with Crippen molar-refractivity contribution in [2.24, 2.45) is 23.7 Å². The first-order chi connectivity index (χ1) is 5.16. The normalized spacial score (nSPS) is 40.9. The minimum absolute atomic E-state index is 0.947. The van der Waals surface area contributed by atoms with Crippen LogP contribution in [0, 0.1) is 23.7 Å². The Labute approximate surface area is 71.4 Å². The molecule has 1 saturated carbocycles. The Kier molecular flexibility index (Phi) is 2.98. The fraction of sp³-hybridized carbons (Fsp3) is 1.00. The molecule has 3 unspecified atom stereocenters. The summed E-state index contributed by atoms with van der Waals surface area (Å²) in [6.07, 6.45) is 4.30. The minimum atomic E-state index is 0.947. The van der Waals surface area contributed by atoms with Gasteiger partial charge in [0.15, 0.2) is 0 Å². The fourth-order valence-electron chi connectivity index (χ4n) is 2.87. The van der Waals surface area contributed by atoms with E-state index in [9.17, 15) is 0 Å². The molecule has 0 nitrogen and oxygen atoms in total. The third-order valence-electron chi connectivity index (χ3n) is 3.69. The molecule has 0 aliphatic heterocycles. The molecule has 0 saturated heterocycles. The molecule has 0 N–H and O–H groups in total. The summed E-state index contributed by atoms with van der Waals surface area (Å²) in [5.74, 6) is 3.93. The lowest BCUT2D eigenvalue weighted by Crippen LogP contribution is -2.18. The molecular formula is C11H22. The van der Waals surface area contributed by atoms with Crippen LogP contribution >= 0.6 is 0 Å². The van der Waals surface area contributed by atoms with Gasteiger partial charge in [-0.15, -0.1) is 0 Å². The van der Waals surface area contributed by atoms with Gasteiger partial charge in [0.1, 0.15) is 0 Å². The molecule has 0 heterocycles. The number of rotatable bonds is 2. The molecule has 0 aromatic rings. The standard InChI is InChI=1S/C11H22/c1-5-8(2)11-9(3)6-7-10(11)4/h8-11H,5-7H2,1-4H3. The molecule has 0 spiro atoms. The number of hydrogen-bond acceptors (Lipinski definition) is 0. The molecule has 0 heteroatoms. The highest BCUT2D eigenvalue weighted by Crippen LogP contribution is 2.41. The summed E-state index contributed by atoms with van der Waals surface area (Å²) in [4.78, 5) is 0. The van der Waals surface area contributed by atoms with Crippen LogP contribution in [0.15, 0.2) is 0 Å². The molecule has 11 heavy (non-hydrogen) atoms. The lowest BCUT2D eigenvalue weighted by molar-refractivity contribution is 0.234. The van der Waals surface area contributed by atoms with Crippen molar-refractivity contribution >= 4 is 0 Å².